The minimum Gasteiger partial charge on any atom is -0.481 e. The molecule has 1 saturated heterocycles. The number of piperidine rings is 1. The van der Waals surface area contributed by atoms with Gasteiger partial charge in [-0.3, -0.25) is 14.7 Å². The molecule has 4 nitrogen and oxygen atoms in total. The van der Waals surface area contributed by atoms with Gasteiger partial charge in [0.15, 0.2) is 0 Å². The number of carbonyl (C=O) groups is 1. The molecule has 1 atom stereocenters. The Morgan fingerprint density at radius 1 is 1.17 bits per heavy atom. The van der Waals surface area contributed by atoms with Crippen molar-refractivity contribution in [1.82, 2.24) is 9.88 Å². The summed E-state index contributed by atoms with van der Waals surface area (Å²) < 4.78 is 0. The average molecular weight is 310 g/mol. The van der Waals surface area contributed by atoms with Crippen LogP contribution in [0.25, 0.3) is 0 Å². The van der Waals surface area contributed by atoms with Crippen LogP contribution in [-0.4, -0.2) is 34.0 Å². The van der Waals surface area contributed by atoms with Crippen molar-refractivity contribution in [2.45, 2.75) is 25.8 Å². The maximum Gasteiger partial charge on any atom is 0.306 e. The van der Waals surface area contributed by atoms with Gasteiger partial charge in [-0.2, -0.15) is 0 Å². The van der Waals surface area contributed by atoms with Crippen LogP contribution in [0.5, 0.6) is 0 Å². The number of pyridine rings is 1. The van der Waals surface area contributed by atoms with E-state index in [9.17, 15) is 9.90 Å². The van der Waals surface area contributed by atoms with Crippen molar-refractivity contribution in [3.05, 3.63) is 65.5 Å². The summed E-state index contributed by atoms with van der Waals surface area (Å²) in [6, 6.07) is 14.6. The third kappa shape index (κ3) is 3.59. The lowest BCUT2D eigenvalue weighted by atomic mass is 9.93. The molecule has 0 bridgehead atoms. The SMILES string of the molecule is Cc1ccc(C(c2ccccn2)N2CCC(C(=O)O)CC2)cc1. The molecule has 2 aromatic rings. The van der Waals surface area contributed by atoms with Crippen molar-refractivity contribution in [3.63, 3.8) is 0 Å². The normalized spacial score (nSPS) is 17.8. The number of aromatic nitrogens is 1. The molecule has 1 aliphatic heterocycles. The monoisotopic (exact) mass is 310 g/mol. The summed E-state index contributed by atoms with van der Waals surface area (Å²) in [6.07, 6.45) is 3.22. The second-order valence-corrected chi connectivity index (χ2v) is 6.22. The summed E-state index contributed by atoms with van der Waals surface area (Å²) in [6.45, 7) is 3.65. The molecule has 1 aliphatic rings. The molecule has 23 heavy (non-hydrogen) atoms. The molecule has 2 heterocycles. The molecule has 3 rings (SSSR count). The summed E-state index contributed by atoms with van der Waals surface area (Å²) in [7, 11) is 0. The van der Waals surface area contributed by atoms with Gasteiger partial charge >= 0.3 is 5.97 Å². The Balaban J connectivity index is 1.87. The fourth-order valence-corrected chi connectivity index (χ4v) is 3.26. The number of hydrogen-bond donors (Lipinski definition) is 1. The Bertz CT molecular complexity index is 647. The number of carboxylic acid groups (broad SMARTS) is 1. The van der Waals surface area contributed by atoms with Crippen LogP contribution in [0.2, 0.25) is 0 Å². The highest BCUT2D eigenvalue weighted by Gasteiger charge is 2.30. The van der Waals surface area contributed by atoms with Gasteiger partial charge in [-0.05, 0) is 50.6 Å². The van der Waals surface area contributed by atoms with E-state index in [1.807, 2.05) is 24.4 Å². The highest BCUT2D eigenvalue weighted by Crippen LogP contribution is 2.31. The quantitative estimate of drug-likeness (QED) is 0.941. The van der Waals surface area contributed by atoms with E-state index in [-0.39, 0.29) is 12.0 Å². The van der Waals surface area contributed by atoms with Crippen LogP contribution in [0.1, 0.15) is 35.7 Å². The molecule has 120 valence electrons. The predicted molar refractivity (Wildman–Crippen MR) is 89.2 cm³/mol. The topological polar surface area (TPSA) is 53.4 Å². The Labute approximate surface area is 136 Å². The van der Waals surface area contributed by atoms with Crippen molar-refractivity contribution in [2.75, 3.05) is 13.1 Å². The van der Waals surface area contributed by atoms with Crippen LogP contribution in [-0.2, 0) is 4.79 Å². The average Bonchev–Trinajstić information content (AvgIpc) is 2.58. The number of aryl methyl sites for hydroxylation is 1. The van der Waals surface area contributed by atoms with Crippen molar-refractivity contribution in [3.8, 4) is 0 Å². The third-order valence-electron chi connectivity index (χ3n) is 4.60. The molecule has 4 heteroatoms. The van der Waals surface area contributed by atoms with E-state index < -0.39 is 5.97 Å². The number of hydrogen-bond acceptors (Lipinski definition) is 3. The van der Waals surface area contributed by atoms with Gasteiger partial charge in [-0.1, -0.05) is 35.9 Å². The molecular formula is C19H22N2O2. The van der Waals surface area contributed by atoms with Crippen molar-refractivity contribution in [1.29, 1.82) is 0 Å². The van der Waals surface area contributed by atoms with Gasteiger partial charge in [-0.25, -0.2) is 0 Å². The van der Waals surface area contributed by atoms with E-state index in [2.05, 4.69) is 41.1 Å². The molecule has 0 saturated carbocycles. The second-order valence-electron chi connectivity index (χ2n) is 6.22. The molecule has 1 aromatic carbocycles. The summed E-state index contributed by atoms with van der Waals surface area (Å²) in [5, 5.41) is 9.20. The number of rotatable bonds is 4. The number of nitrogens with zero attached hydrogens (tertiary/aromatic N) is 2. The Kier molecular flexibility index (Phi) is 4.72. The Morgan fingerprint density at radius 3 is 2.43 bits per heavy atom. The van der Waals surface area contributed by atoms with E-state index in [0.717, 1.165) is 18.8 Å². The number of carboxylic acids is 1. The van der Waals surface area contributed by atoms with Gasteiger partial charge < -0.3 is 5.11 Å². The fourth-order valence-electron chi connectivity index (χ4n) is 3.26. The molecule has 1 fully saturated rings. The second kappa shape index (κ2) is 6.92. The number of benzene rings is 1. The van der Waals surface area contributed by atoms with Gasteiger partial charge in [0.1, 0.15) is 0 Å². The fraction of sp³-hybridized carbons (Fsp3) is 0.368. The van der Waals surface area contributed by atoms with Crippen LogP contribution in [0.3, 0.4) is 0 Å². The van der Waals surface area contributed by atoms with E-state index >= 15 is 0 Å². The van der Waals surface area contributed by atoms with E-state index in [1.165, 1.54) is 11.1 Å². The van der Waals surface area contributed by atoms with Gasteiger partial charge in [0.05, 0.1) is 17.7 Å². The van der Waals surface area contributed by atoms with Gasteiger partial charge in [0, 0.05) is 6.20 Å². The minimum atomic E-state index is -0.672. The maximum absolute atomic E-state index is 11.2. The van der Waals surface area contributed by atoms with Crippen molar-refractivity contribution >= 4 is 5.97 Å². The van der Waals surface area contributed by atoms with Crippen LogP contribution in [0, 0.1) is 12.8 Å². The van der Waals surface area contributed by atoms with Gasteiger partial charge in [0.2, 0.25) is 0 Å². The summed E-state index contributed by atoms with van der Waals surface area (Å²) >= 11 is 0. The first kappa shape index (κ1) is 15.7. The zero-order valence-electron chi connectivity index (χ0n) is 13.4. The van der Waals surface area contributed by atoms with E-state index in [4.69, 9.17) is 0 Å². The lowest BCUT2D eigenvalue weighted by Gasteiger charge is -2.36. The lowest BCUT2D eigenvalue weighted by molar-refractivity contribution is -0.143. The van der Waals surface area contributed by atoms with E-state index in [0.29, 0.717) is 12.8 Å². The number of likely N-dealkylation sites (tertiary alicyclic amines) is 1. The smallest absolute Gasteiger partial charge is 0.306 e. The molecule has 0 radical (unpaired) electrons. The zero-order valence-corrected chi connectivity index (χ0v) is 13.4. The largest absolute Gasteiger partial charge is 0.481 e. The highest BCUT2D eigenvalue weighted by molar-refractivity contribution is 5.70. The molecule has 0 aliphatic carbocycles. The summed E-state index contributed by atoms with van der Waals surface area (Å²) in [4.78, 5) is 18.1. The maximum atomic E-state index is 11.2. The standard InChI is InChI=1S/C19H22N2O2/c1-14-5-7-15(8-6-14)18(17-4-2-3-11-20-17)21-12-9-16(10-13-21)19(22)23/h2-8,11,16,18H,9-10,12-13H2,1H3,(H,22,23). The molecule has 1 aromatic heterocycles. The first-order valence-corrected chi connectivity index (χ1v) is 8.09. The molecule has 1 unspecified atom stereocenters. The Hall–Kier alpha value is -2.20. The first-order valence-electron chi connectivity index (χ1n) is 8.09. The molecule has 1 N–H and O–H groups in total. The summed E-state index contributed by atoms with van der Waals surface area (Å²) in [5.74, 6) is -0.886. The summed E-state index contributed by atoms with van der Waals surface area (Å²) in [5.41, 5.74) is 3.46. The molecular weight excluding hydrogens is 288 g/mol. The Morgan fingerprint density at radius 2 is 1.87 bits per heavy atom. The van der Waals surface area contributed by atoms with E-state index in [1.54, 1.807) is 0 Å². The lowest BCUT2D eigenvalue weighted by Crippen LogP contribution is -2.39. The molecule has 0 amide bonds. The van der Waals surface area contributed by atoms with Crippen LogP contribution in [0.15, 0.2) is 48.7 Å². The van der Waals surface area contributed by atoms with Crippen LogP contribution in [0.4, 0.5) is 0 Å². The van der Waals surface area contributed by atoms with Crippen LogP contribution >= 0.6 is 0 Å². The predicted octanol–water partition coefficient (Wildman–Crippen LogP) is 3.28. The third-order valence-corrected chi connectivity index (χ3v) is 4.60. The van der Waals surface area contributed by atoms with Gasteiger partial charge in [0.25, 0.3) is 0 Å². The minimum absolute atomic E-state index is 0.0894. The van der Waals surface area contributed by atoms with Gasteiger partial charge in [-0.15, -0.1) is 0 Å². The first-order chi connectivity index (χ1) is 11.1. The molecule has 0 spiro atoms. The van der Waals surface area contributed by atoms with Crippen LogP contribution < -0.4 is 0 Å². The van der Waals surface area contributed by atoms with Crippen molar-refractivity contribution < 1.29 is 9.90 Å². The number of aliphatic carboxylic acids is 1. The van der Waals surface area contributed by atoms with Crippen molar-refractivity contribution in [2.24, 2.45) is 5.92 Å². The zero-order chi connectivity index (χ0) is 16.2. The highest BCUT2D eigenvalue weighted by atomic mass is 16.4.